The molecule has 9 nitrogen and oxygen atoms in total. The van der Waals surface area contributed by atoms with Gasteiger partial charge in [0.25, 0.3) is 10.0 Å². The van der Waals surface area contributed by atoms with E-state index in [9.17, 15) is 18.0 Å². The number of hydrogen-bond donors (Lipinski definition) is 1. The van der Waals surface area contributed by atoms with Crippen LogP contribution in [0.1, 0.15) is 39.7 Å². The molecular weight excluding hydrogens is 542 g/mol. The molecule has 3 aromatic carbocycles. The molecule has 0 aliphatic rings. The van der Waals surface area contributed by atoms with Gasteiger partial charge < -0.3 is 19.7 Å². The molecule has 0 heterocycles. The number of amides is 2. The molecule has 0 aliphatic heterocycles. The lowest BCUT2D eigenvalue weighted by Gasteiger charge is -2.33. The molecule has 0 aromatic heterocycles. The van der Waals surface area contributed by atoms with Crippen molar-refractivity contribution in [2.45, 2.75) is 57.6 Å². The number of anilines is 1. The zero-order valence-electron chi connectivity index (χ0n) is 24.2. The lowest BCUT2D eigenvalue weighted by Crippen LogP contribution is -2.52. The van der Waals surface area contributed by atoms with Crippen molar-refractivity contribution in [1.82, 2.24) is 10.2 Å². The monoisotopic (exact) mass is 581 g/mol. The van der Waals surface area contributed by atoms with Crippen LogP contribution in [0.15, 0.2) is 83.8 Å². The van der Waals surface area contributed by atoms with Crippen molar-refractivity contribution in [3.63, 3.8) is 0 Å². The molecular formula is C31H39N3O6S. The second-order valence-electron chi connectivity index (χ2n) is 9.59. The zero-order valence-corrected chi connectivity index (χ0v) is 25.1. The van der Waals surface area contributed by atoms with Crippen LogP contribution in [-0.2, 0) is 26.2 Å². The Balaban J connectivity index is 2.07. The predicted molar refractivity (Wildman–Crippen MR) is 159 cm³/mol. The second kappa shape index (κ2) is 14.5. The molecule has 0 saturated heterocycles. The molecule has 0 saturated carbocycles. The number of nitrogens with one attached hydrogen (secondary N) is 1. The smallest absolute Gasteiger partial charge is 0.264 e. The van der Waals surface area contributed by atoms with E-state index in [1.54, 1.807) is 81.6 Å². The number of nitrogens with zero attached hydrogens (tertiary/aromatic N) is 2. The SMILES string of the molecule is CCOc1ccccc1N(CC(=O)N(Cc1cccc(OC)c1)[C@H](C)C(=O)N[C@@H](C)CC)S(=O)(=O)c1ccccc1. The molecule has 0 fully saturated rings. The molecule has 0 unspecified atom stereocenters. The van der Waals surface area contributed by atoms with Gasteiger partial charge in [0.1, 0.15) is 24.1 Å². The van der Waals surface area contributed by atoms with Gasteiger partial charge in [0.15, 0.2) is 0 Å². The van der Waals surface area contributed by atoms with Crippen LogP contribution in [0.5, 0.6) is 11.5 Å². The molecule has 3 rings (SSSR count). The Labute approximate surface area is 243 Å². The van der Waals surface area contributed by atoms with Gasteiger partial charge in [0, 0.05) is 12.6 Å². The summed E-state index contributed by atoms with van der Waals surface area (Å²) in [6.07, 6.45) is 0.722. The highest BCUT2D eigenvalue weighted by Crippen LogP contribution is 2.33. The van der Waals surface area contributed by atoms with Crippen molar-refractivity contribution in [1.29, 1.82) is 0 Å². The third kappa shape index (κ3) is 8.00. The van der Waals surface area contributed by atoms with E-state index in [0.717, 1.165) is 16.3 Å². The van der Waals surface area contributed by atoms with Crippen molar-refractivity contribution in [3.05, 3.63) is 84.4 Å². The van der Waals surface area contributed by atoms with Gasteiger partial charge in [-0.05, 0) is 69.2 Å². The second-order valence-corrected chi connectivity index (χ2v) is 11.5. The average Bonchev–Trinajstić information content (AvgIpc) is 2.99. The summed E-state index contributed by atoms with van der Waals surface area (Å²) in [6.45, 7) is 7.10. The fourth-order valence-electron chi connectivity index (χ4n) is 4.19. The summed E-state index contributed by atoms with van der Waals surface area (Å²) in [5.74, 6) is 0.0444. The average molecular weight is 582 g/mol. The van der Waals surface area contributed by atoms with Crippen LogP contribution >= 0.6 is 0 Å². The van der Waals surface area contributed by atoms with E-state index >= 15 is 0 Å². The standard InChI is InChI=1S/C31H39N3O6S/c1-6-23(3)32-31(36)24(4)33(21-25-14-13-15-26(20-25)39-5)30(35)22-34(28-18-11-12-19-29(28)40-7-2)41(37,38)27-16-9-8-10-17-27/h8-20,23-24H,6-7,21-22H2,1-5H3,(H,32,36)/t23-,24+/m0/s1. The van der Waals surface area contributed by atoms with E-state index < -0.39 is 28.5 Å². The van der Waals surface area contributed by atoms with Crippen LogP contribution in [0.3, 0.4) is 0 Å². The molecule has 0 radical (unpaired) electrons. The predicted octanol–water partition coefficient (Wildman–Crippen LogP) is 4.62. The molecule has 3 aromatic rings. The minimum absolute atomic E-state index is 0.0287. The van der Waals surface area contributed by atoms with Gasteiger partial charge in [0.2, 0.25) is 11.8 Å². The van der Waals surface area contributed by atoms with Gasteiger partial charge in [-0.2, -0.15) is 0 Å². The minimum atomic E-state index is -4.19. The molecule has 10 heteroatoms. The first-order valence-electron chi connectivity index (χ1n) is 13.6. The minimum Gasteiger partial charge on any atom is -0.497 e. The number of carbonyl (C=O) groups excluding carboxylic acids is 2. The molecule has 220 valence electrons. The number of hydrogen-bond acceptors (Lipinski definition) is 6. The van der Waals surface area contributed by atoms with Crippen LogP contribution in [0.4, 0.5) is 5.69 Å². The molecule has 2 atom stereocenters. The molecule has 0 bridgehead atoms. The number of carbonyl (C=O) groups is 2. The largest absolute Gasteiger partial charge is 0.497 e. The maximum absolute atomic E-state index is 14.1. The van der Waals surface area contributed by atoms with Crippen molar-refractivity contribution in [2.24, 2.45) is 0 Å². The van der Waals surface area contributed by atoms with E-state index in [1.165, 1.54) is 17.0 Å². The van der Waals surface area contributed by atoms with Crippen LogP contribution in [0.25, 0.3) is 0 Å². The summed E-state index contributed by atoms with van der Waals surface area (Å²) in [5, 5.41) is 2.93. The number of para-hydroxylation sites is 2. The third-order valence-electron chi connectivity index (χ3n) is 6.70. The lowest BCUT2D eigenvalue weighted by molar-refractivity contribution is -0.139. The van der Waals surface area contributed by atoms with E-state index in [4.69, 9.17) is 9.47 Å². The Bertz CT molecular complexity index is 1410. The van der Waals surface area contributed by atoms with Crippen LogP contribution in [-0.4, -0.2) is 57.5 Å². The van der Waals surface area contributed by atoms with Crippen LogP contribution < -0.4 is 19.1 Å². The Hall–Kier alpha value is -4.05. The van der Waals surface area contributed by atoms with Crippen molar-refractivity contribution in [2.75, 3.05) is 24.6 Å². The fraction of sp³-hybridized carbons (Fsp3) is 0.355. The number of ether oxygens (including phenoxy) is 2. The topological polar surface area (TPSA) is 105 Å². The van der Waals surface area contributed by atoms with Gasteiger partial charge in [0.05, 0.1) is 24.3 Å². The summed E-state index contributed by atoms with van der Waals surface area (Å²) < 4.78 is 40.1. The van der Waals surface area contributed by atoms with Crippen molar-refractivity contribution < 1.29 is 27.5 Å². The quantitative estimate of drug-likeness (QED) is 0.298. The van der Waals surface area contributed by atoms with E-state index in [-0.39, 0.29) is 29.1 Å². The van der Waals surface area contributed by atoms with E-state index in [0.29, 0.717) is 18.1 Å². The number of sulfonamides is 1. The first-order chi connectivity index (χ1) is 19.6. The third-order valence-corrected chi connectivity index (χ3v) is 8.47. The first-order valence-corrected chi connectivity index (χ1v) is 15.1. The highest BCUT2D eigenvalue weighted by atomic mass is 32.2. The highest BCUT2D eigenvalue weighted by molar-refractivity contribution is 7.92. The van der Waals surface area contributed by atoms with Crippen molar-refractivity contribution in [3.8, 4) is 11.5 Å². The molecule has 1 N–H and O–H groups in total. The summed E-state index contributed by atoms with van der Waals surface area (Å²) in [7, 11) is -2.64. The summed E-state index contributed by atoms with van der Waals surface area (Å²) in [6, 6.07) is 20.8. The maximum Gasteiger partial charge on any atom is 0.264 e. The maximum atomic E-state index is 14.1. The first kappa shape index (κ1) is 31.5. The Morgan fingerprint density at radius 3 is 2.27 bits per heavy atom. The number of rotatable bonds is 14. The summed E-state index contributed by atoms with van der Waals surface area (Å²) in [5.41, 5.74) is 0.956. The van der Waals surface area contributed by atoms with Crippen LogP contribution in [0, 0.1) is 0 Å². The highest BCUT2D eigenvalue weighted by Gasteiger charge is 2.34. The van der Waals surface area contributed by atoms with Crippen molar-refractivity contribution >= 4 is 27.5 Å². The molecule has 41 heavy (non-hydrogen) atoms. The van der Waals surface area contributed by atoms with Gasteiger partial charge in [-0.15, -0.1) is 0 Å². The lowest BCUT2D eigenvalue weighted by atomic mass is 10.1. The molecule has 0 aliphatic carbocycles. The summed E-state index contributed by atoms with van der Waals surface area (Å²) in [4.78, 5) is 28.7. The Kier molecular flexibility index (Phi) is 11.2. The fourth-order valence-corrected chi connectivity index (χ4v) is 5.64. The molecule has 0 spiro atoms. The van der Waals surface area contributed by atoms with E-state index in [2.05, 4.69) is 5.32 Å². The van der Waals surface area contributed by atoms with Gasteiger partial charge in [-0.3, -0.25) is 13.9 Å². The van der Waals surface area contributed by atoms with E-state index in [1.807, 2.05) is 19.9 Å². The van der Waals surface area contributed by atoms with Gasteiger partial charge in [-0.1, -0.05) is 49.4 Å². The van der Waals surface area contributed by atoms with Gasteiger partial charge in [-0.25, -0.2) is 8.42 Å². The molecule has 2 amide bonds. The Morgan fingerprint density at radius 2 is 1.61 bits per heavy atom. The number of benzene rings is 3. The Morgan fingerprint density at radius 1 is 0.927 bits per heavy atom. The summed E-state index contributed by atoms with van der Waals surface area (Å²) >= 11 is 0. The zero-order chi connectivity index (χ0) is 30.0. The number of methoxy groups -OCH3 is 1. The normalized spacial score (nSPS) is 12.6. The van der Waals surface area contributed by atoms with Gasteiger partial charge >= 0.3 is 0 Å². The van der Waals surface area contributed by atoms with Crippen LogP contribution in [0.2, 0.25) is 0 Å².